The predicted octanol–water partition coefficient (Wildman–Crippen LogP) is 2.16. The number of urea groups is 1. The Hall–Kier alpha value is -2.82. The lowest BCUT2D eigenvalue weighted by Gasteiger charge is -2.27. The number of allylic oxidation sites excluding steroid dienone is 2. The van der Waals surface area contributed by atoms with Crippen LogP contribution in [0.15, 0.2) is 54.3 Å². The molecule has 3 rings (SSSR count). The molecule has 0 radical (unpaired) electrons. The van der Waals surface area contributed by atoms with Crippen molar-refractivity contribution in [2.45, 2.75) is 6.04 Å². The number of carbonyl (C=O) groups is 2. The number of nitrogens with zero attached hydrogens (tertiary/aromatic N) is 1. The second kappa shape index (κ2) is 5.89. The summed E-state index contributed by atoms with van der Waals surface area (Å²) in [6, 6.07) is 7.02. The molecular weight excluding hydrogens is 278 g/mol. The summed E-state index contributed by atoms with van der Waals surface area (Å²) in [7, 11) is 1.70. The van der Waals surface area contributed by atoms with E-state index in [1.165, 1.54) is 11.0 Å². The minimum absolute atomic E-state index is 0.120. The summed E-state index contributed by atoms with van der Waals surface area (Å²) in [5, 5.41) is 6.00. The van der Waals surface area contributed by atoms with Gasteiger partial charge in [-0.3, -0.25) is 9.69 Å². The number of anilines is 1. The average molecular weight is 295 g/mol. The van der Waals surface area contributed by atoms with E-state index in [0.29, 0.717) is 6.54 Å². The molecule has 1 aliphatic heterocycles. The van der Waals surface area contributed by atoms with E-state index in [2.05, 4.69) is 10.6 Å². The fourth-order valence-corrected chi connectivity index (χ4v) is 2.42. The second-order valence-electron chi connectivity index (χ2n) is 5.21. The maximum atomic E-state index is 12.3. The van der Waals surface area contributed by atoms with Crippen LogP contribution in [0.5, 0.6) is 0 Å². The number of rotatable bonds is 2. The maximum absolute atomic E-state index is 12.3. The van der Waals surface area contributed by atoms with Gasteiger partial charge in [0, 0.05) is 18.4 Å². The number of hydrogen-bond donors (Lipinski definition) is 2. The fraction of sp³-hybridized carbons (Fsp3) is 0.176. The Bertz CT molecular complexity index is 704. The largest absolute Gasteiger partial charge is 0.379 e. The van der Waals surface area contributed by atoms with Crippen molar-refractivity contribution < 1.29 is 9.59 Å². The Balaban J connectivity index is 1.72. The molecule has 1 heterocycles. The van der Waals surface area contributed by atoms with Gasteiger partial charge in [0.25, 0.3) is 0 Å². The van der Waals surface area contributed by atoms with Crippen LogP contribution in [0, 0.1) is 0 Å². The van der Waals surface area contributed by atoms with Crippen LogP contribution >= 0.6 is 0 Å². The number of benzene rings is 1. The van der Waals surface area contributed by atoms with Crippen molar-refractivity contribution in [2.24, 2.45) is 0 Å². The standard InChI is InChI=1S/C17H17N3O2/c1-20(17(22)19-15-8-4-5-9-16(15)21)13-10-12-6-2-3-7-14(12)18-11-13/h2-10,15,18H,11H2,1H3,(H,19,22). The highest BCUT2D eigenvalue weighted by atomic mass is 16.2. The van der Waals surface area contributed by atoms with Gasteiger partial charge in [-0.05, 0) is 23.8 Å². The summed E-state index contributed by atoms with van der Waals surface area (Å²) >= 11 is 0. The Kier molecular flexibility index (Phi) is 3.78. The summed E-state index contributed by atoms with van der Waals surface area (Å²) in [5.41, 5.74) is 2.94. The van der Waals surface area contributed by atoms with Gasteiger partial charge in [-0.15, -0.1) is 0 Å². The quantitative estimate of drug-likeness (QED) is 0.879. The molecule has 1 aromatic carbocycles. The van der Waals surface area contributed by atoms with Crippen molar-refractivity contribution >= 4 is 23.6 Å². The molecule has 0 spiro atoms. The number of nitrogens with one attached hydrogen (secondary N) is 2. The molecule has 2 N–H and O–H groups in total. The molecule has 1 atom stereocenters. The van der Waals surface area contributed by atoms with E-state index >= 15 is 0 Å². The van der Waals surface area contributed by atoms with Crippen LogP contribution in [0.25, 0.3) is 6.08 Å². The molecule has 112 valence electrons. The lowest BCUT2D eigenvalue weighted by Crippen LogP contribution is -2.46. The van der Waals surface area contributed by atoms with Crippen molar-refractivity contribution in [1.82, 2.24) is 10.2 Å². The molecule has 1 aromatic rings. The normalized spacial score (nSPS) is 19.0. The van der Waals surface area contributed by atoms with Crippen LogP contribution in [0.4, 0.5) is 10.5 Å². The molecule has 2 amide bonds. The van der Waals surface area contributed by atoms with Crippen LogP contribution in [-0.4, -0.2) is 36.3 Å². The number of para-hydroxylation sites is 1. The van der Waals surface area contributed by atoms with Crippen molar-refractivity contribution in [3.05, 3.63) is 59.8 Å². The van der Waals surface area contributed by atoms with Crippen LogP contribution in [0.1, 0.15) is 5.56 Å². The van der Waals surface area contributed by atoms with Crippen molar-refractivity contribution in [3.8, 4) is 0 Å². The molecule has 0 saturated carbocycles. The summed E-state index contributed by atoms with van der Waals surface area (Å²) in [5.74, 6) is -0.120. The predicted molar refractivity (Wildman–Crippen MR) is 86.3 cm³/mol. The highest BCUT2D eigenvalue weighted by Crippen LogP contribution is 2.24. The van der Waals surface area contributed by atoms with Crippen LogP contribution < -0.4 is 10.6 Å². The molecule has 0 fully saturated rings. The zero-order valence-electron chi connectivity index (χ0n) is 12.2. The zero-order chi connectivity index (χ0) is 15.5. The molecule has 1 aliphatic carbocycles. The molecule has 0 bridgehead atoms. The monoisotopic (exact) mass is 295 g/mol. The summed E-state index contributed by atoms with van der Waals surface area (Å²) in [6.07, 6.45) is 8.53. The first kappa shape index (κ1) is 14.1. The Morgan fingerprint density at radius 2 is 2.14 bits per heavy atom. The minimum atomic E-state index is -0.593. The average Bonchev–Trinajstić information content (AvgIpc) is 2.55. The smallest absolute Gasteiger partial charge is 0.322 e. The highest BCUT2D eigenvalue weighted by molar-refractivity contribution is 5.99. The van der Waals surface area contributed by atoms with Crippen molar-refractivity contribution in [1.29, 1.82) is 0 Å². The Labute approximate surface area is 129 Å². The molecule has 5 heteroatoms. The topological polar surface area (TPSA) is 61.4 Å². The number of fused-ring (bicyclic) bond motifs is 1. The molecule has 5 nitrogen and oxygen atoms in total. The molecular formula is C17H17N3O2. The van der Waals surface area contributed by atoms with Crippen molar-refractivity contribution in [3.63, 3.8) is 0 Å². The molecule has 0 saturated heterocycles. The number of ketones is 1. The third-order valence-electron chi connectivity index (χ3n) is 3.74. The van der Waals surface area contributed by atoms with Crippen LogP contribution in [0.3, 0.4) is 0 Å². The van der Waals surface area contributed by atoms with Gasteiger partial charge in [0.15, 0.2) is 5.78 Å². The lowest BCUT2D eigenvalue weighted by atomic mass is 10.1. The maximum Gasteiger partial charge on any atom is 0.322 e. The first-order chi connectivity index (χ1) is 10.6. The van der Waals surface area contributed by atoms with Gasteiger partial charge in [0.2, 0.25) is 0 Å². The first-order valence-electron chi connectivity index (χ1n) is 7.11. The summed E-state index contributed by atoms with van der Waals surface area (Å²) in [6.45, 7) is 0.565. The minimum Gasteiger partial charge on any atom is -0.379 e. The lowest BCUT2D eigenvalue weighted by molar-refractivity contribution is -0.115. The number of hydrogen-bond acceptors (Lipinski definition) is 3. The Morgan fingerprint density at radius 3 is 2.95 bits per heavy atom. The van der Waals surface area contributed by atoms with Gasteiger partial charge in [0.05, 0.1) is 6.54 Å². The fourth-order valence-electron chi connectivity index (χ4n) is 2.42. The van der Waals surface area contributed by atoms with Crippen LogP contribution in [-0.2, 0) is 4.79 Å². The first-order valence-corrected chi connectivity index (χ1v) is 7.11. The van der Waals surface area contributed by atoms with E-state index in [0.717, 1.165) is 16.9 Å². The number of amides is 2. The summed E-state index contributed by atoms with van der Waals surface area (Å²) in [4.78, 5) is 25.5. The van der Waals surface area contributed by atoms with E-state index in [4.69, 9.17) is 0 Å². The number of carbonyl (C=O) groups excluding carboxylic acids is 2. The second-order valence-corrected chi connectivity index (χ2v) is 5.21. The van der Waals surface area contributed by atoms with Gasteiger partial charge < -0.3 is 10.6 Å². The van der Waals surface area contributed by atoms with Gasteiger partial charge in [-0.1, -0.05) is 36.4 Å². The molecule has 1 unspecified atom stereocenters. The van der Waals surface area contributed by atoms with Crippen molar-refractivity contribution in [2.75, 3.05) is 18.9 Å². The van der Waals surface area contributed by atoms with E-state index < -0.39 is 6.04 Å². The number of likely N-dealkylation sites (N-methyl/N-ethyl adjacent to an activating group) is 1. The third kappa shape index (κ3) is 2.79. The Morgan fingerprint density at radius 1 is 1.32 bits per heavy atom. The van der Waals surface area contributed by atoms with Gasteiger partial charge >= 0.3 is 6.03 Å². The van der Waals surface area contributed by atoms with Gasteiger partial charge in [-0.25, -0.2) is 4.79 Å². The van der Waals surface area contributed by atoms with Crippen LogP contribution in [0.2, 0.25) is 0 Å². The molecule has 2 aliphatic rings. The zero-order valence-corrected chi connectivity index (χ0v) is 12.2. The van der Waals surface area contributed by atoms with Gasteiger partial charge in [-0.2, -0.15) is 0 Å². The van der Waals surface area contributed by atoms with Gasteiger partial charge in [0.1, 0.15) is 6.04 Å². The highest BCUT2D eigenvalue weighted by Gasteiger charge is 2.22. The molecule has 0 aromatic heterocycles. The molecule has 22 heavy (non-hydrogen) atoms. The van der Waals surface area contributed by atoms with E-state index in [1.807, 2.05) is 30.3 Å². The SMILES string of the molecule is CN(C(=O)NC1C=CC=CC1=O)C1=Cc2ccccc2NC1. The van der Waals surface area contributed by atoms with E-state index in [1.54, 1.807) is 25.3 Å². The third-order valence-corrected chi connectivity index (χ3v) is 3.74. The van der Waals surface area contributed by atoms with E-state index in [9.17, 15) is 9.59 Å². The van der Waals surface area contributed by atoms with E-state index in [-0.39, 0.29) is 11.8 Å². The summed E-state index contributed by atoms with van der Waals surface area (Å²) < 4.78 is 0.